The number of piperidine rings is 1. The van der Waals surface area contributed by atoms with E-state index in [2.05, 4.69) is 104 Å². The summed E-state index contributed by atoms with van der Waals surface area (Å²) in [6, 6.07) is 28.1. The molecule has 3 aromatic carbocycles. The maximum Gasteiger partial charge on any atom is 0.254 e. The van der Waals surface area contributed by atoms with Gasteiger partial charge in [0.15, 0.2) is 6.29 Å². The summed E-state index contributed by atoms with van der Waals surface area (Å²) in [5.41, 5.74) is 5.36. The zero-order valence-corrected chi connectivity index (χ0v) is 24.3. The standard InChI is InChI=1S/C34H43N3O3/c1-25(2)36(26(3)4)33(38)28-13-15-30(16-14-28)37(32-12-8-11-29(23-32)34-39-21-22-40-34)31-17-19-35(20-18-31)24-27-9-6-5-7-10-27/h5-16,23,25-26,31,34H,17-22,24H2,1-4H3. The maximum absolute atomic E-state index is 13.3. The Hall–Kier alpha value is -3.19. The molecule has 6 nitrogen and oxygen atoms in total. The van der Waals surface area contributed by atoms with Crippen molar-refractivity contribution in [3.8, 4) is 0 Å². The molecule has 5 rings (SSSR count). The third kappa shape index (κ3) is 6.57. The number of amides is 1. The van der Waals surface area contributed by atoms with E-state index in [0.717, 1.165) is 55.0 Å². The minimum Gasteiger partial charge on any atom is -0.346 e. The lowest BCUT2D eigenvalue weighted by Crippen LogP contribution is -2.43. The first-order valence-electron chi connectivity index (χ1n) is 14.7. The predicted molar refractivity (Wildman–Crippen MR) is 161 cm³/mol. The molecule has 0 N–H and O–H groups in total. The van der Waals surface area contributed by atoms with Crippen molar-refractivity contribution in [1.82, 2.24) is 9.80 Å². The molecule has 1 amide bonds. The molecule has 0 saturated carbocycles. The first kappa shape index (κ1) is 28.3. The molecule has 3 aromatic rings. The van der Waals surface area contributed by atoms with E-state index >= 15 is 0 Å². The normalized spacial score (nSPS) is 17.1. The van der Waals surface area contributed by atoms with Gasteiger partial charge in [-0.05, 0) is 82.5 Å². The van der Waals surface area contributed by atoms with E-state index in [9.17, 15) is 4.79 Å². The van der Waals surface area contributed by atoms with Gasteiger partial charge in [0.1, 0.15) is 0 Å². The molecule has 0 atom stereocenters. The number of carbonyl (C=O) groups excluding carboxylic acids is 1. The topological polar surface area (TPSA) is 45.3 Å². The average Bonchev–Trinajstić information content (AvgIpc) is 3.50. The summed E-state index contributed by atoms with van der Waals surface area (Å²) in [4.78, 5) is 20.3. The quantitative estimate of drug-likeness (QED) is 0.298. The van der Waals surface area contributed by atoms with Crippen LogP contribution in [-0.4, -0.2) is 60.1 Å². The Morgan fingerprint density at radius 1 is 0.825 bits per heavy atom. The van der Waals surface area contributed by atoms with Crippen LogP contribution in [0, 0.1) is 0 Å². The summed E-state index contributed by atoms with van der Waals surface area (Å²) in [5, 5.41) is 0. The van der Waals surface area contributed by atoms with Gasteiger partial charge < -0.3 is 19.3 Å². The fourth-order valence-corrected chi connectivity index (χ4v) is 6.10. The third-order valence-electron chi connectivity index (χ3n) is 7.95. The highest BCUT2D eigenvalue weighted by atomic mass is 16.7. The van der Waals surface area contributed by atoms with Gasteiger partial charge >= 0.3 is 0 Å². The monoisotopic (exact) mass is 541 g/mol. The van der Waals surface area contributed by atoms with Crippen LogP contribution in [0.25, 0.3) is 0 Å². The van der Waals surface area contributed by atoms with Crippen LogP contribution in [0.15, 0.2) is 78.9 Å². The molecule has 6 heteroatoms. The summed E-state index contributed by atoms with van der Waals surface area (Å²) in [6.07, 6.45) is 1.80. The summed E-state index contributed by atoms with van der Waals surface area (Å²) in [7, 11) is 0. The third-order valence-corrected chi connectivity index (χ3v) is 7.95. The largest absolute Gasteiger partial charge is 0.346 e. The number of carbonyl (C=O) groups is 1. The Morgan fingerprint density at radius 2 is 1.48 bits per heavy atom. The first-order valence-corrected chi connectivity index (χ1v) is 14.7. The summed E-state index contributed by atoms with van der Waals surface area (Å²) < 4.78 is 11.6. The van der Waals surface area contributed by atoms with Crippen molar-refractivity contribution in [2.45, 2.75) is 71.5 Å². The van der Waals surface area contributed by atoms with Crippen LogP contribution < -0.4 is 4.90 Å². The van der Waals surface area contributed by atoms with Crippen molar-refractivity contribution >= 4 is 17.3 Å². The SMILES string of the molecule is CC(C)N(C(=O)c1ccc(N(c2cccc(C3OCCO3)c2)C2CCN(Cc3ccccc3)CC2)cc1)C(C)C. The molecule has 0 radical (unpaired) electrons. The van der Waals surface area contributed by atoms with Gasteiger partial charge in [0, 0.05) is 60.3 Å². The zero-order valence-electron chi connectivity index (χ0n) is 24.3. The second-order valence-corrected chi connectivity index (χ2v) is 11.5. The number of benzene rings is 3. The van der Waals surface area contributed by atoms with Crippen LogP contribution in [0.2, 0.25) is 0 Å². The predicted octanol–water partition coefficient (Wildman–Crippen LogP) is 6.79. The van der Waals surface area contributed by atoms with Crippen LogP contribution in [0.3, 0.4) is 0 Å². The average molecular weight is 542 g/mol. The fraction of sp³-hybridized carbons (Fsp3) is 0.441. The van der Waals surface area contributed by atoms with E-state index in [1.807, 2.05) is 17.0 Å². The molecule has 2 fully saturated rings. The molecule has 2 aliphatic heterocycles. The molecular weight excluding hydrogens is 498 g/mol. The molecule has 0 aromatic heterocycles. The summed E-state index contributed by atoms with van der Waals surface area (Å²) >= 11 is 0. The second-order valence-electron chi connectivity index (χ2n) is 11.5. The first-order chi connectivity index (χ1) is 19.4. The molecule has 0 bridgehead atoms. The van der Waals surface area contributed by atoms with Crippen molar-refractivity contribution in [2.24, 2.45) is 0 Å². The number of hydrogen-bond donors (Lipinski definition) is 0. The van der Waals surface area contributed by atoms with Gasteiger partial charge in [0.2, 0.25) is 0 Å². The molecule has 2 heterocycles. The molecule has 2 saturated heterocycles. The lowest BCUT2D eigenvalue weighted by atomic mass is 9.99. The lowest BCUT2D eigenvalue weighted by Gasteiger charge is -2.40. The van der Waals surface area contributed by atoms with Crippen LogP contribution in [-0.2, 0) is 16.0 Å². The minimum atomic E-state index is -0.312. The lowest BCUT2D eigenvalue weighted by molar-refractivity contribution is -0.0440. The van der Waals surface area contributed by atoms with E-state index in [4.69, 9.17) is 9.47 Å². The smallest absolute Gasteiger partial charge is 0.254 e. The van der Waals surface area contributed by atoms with Crippen LogP contribution in [0.4, 0.5) is 11.4 Å². The highest BCUT2D eigenvalue weighted by Gasteiger charge is 2.28. The number of nitrogens with zero attached hydrogens (tertiary/aromatic N) is 3. The Kier molecular flexibility index (Phi) is 9.20. The molecule has 2 aliphatic rings. The second kappa shape index (κ2) is 13.0. The van der Waals surface area contributed by atoms with Crippen molar-refractivity contribution in [3.63, 3.8) is 0 Å². The minimum absolute atomic E-state index is 0.0786. The number of anilines is 2. The molecular formula is C34H43N3O3. The Bertz CT molecular complexity index is 1220. The summed E-state index contributed by atoms with van der Waals surface area (Å²) in [5.74, 6) is 0.0786. The van der Waals surface area contributed by atoms with E-state index in [1.165, 1.54) is 5.56 Å². The van der Waals surface area contributed by atoms with Crippen LogP contribution in [0.1, 0.15) is 68.3 Å². The highest BCUT2D eigenvalue weighted by Crippen LogP contribution is 2.35. The van der Waals surface area contributed by atoms with E-state index in [0.29, 0.717) is 19.3 Å². The van der Waals surface area contributed by atoms with Gasteiger partial charge in [0.05, 0.1) is 13.2 Å². The van der Waals surface area contributed by atoms with Gasteiger partial charge in [0.25, 0.3) is 5.91 Å². The Balaban J connectivity index is 1.39. The van der Waals surface area contributed by atoms with Gasteiger partial charge in [-0.25, -0.2) is 0 Å². The van der Waals surface area contributed by atoms with Gasteiger partial charge in [-0.2, -0.15) is 0 Å². The fourth-order valence-electron chi connectivity index (χ4n) is 6.10. The molecule has 0 aliphatic carbocycles. The van der Waals surface area contributed by atoms with E-state index in [1.54, 1.807) is 0 Å². The van der Waals surface area contributed by atoms with Crippen molar-refractivity contribution in [2.75, 3.05) is 31.2 Å². The van der Waals surface area contributed by atoms with Crippen LogP contribution in [0.5, 0.6) is 0 Å². The molecule has 0 unspecified atom stereocenters. The van der Waals surface area contributed by atoms with E-state index in [-0.39, 0.29) is 24.3 Å². The zero-order chi connectivity index (χ0) is 28.1. The maximum atomic E-state index is 13.3. The van der Waals surface area contributed by atoms with Gasteiger partial charge in [-0.15, -0.1) is 0 Å². The van der Waals surface area contributed by atoms with E-state index < -0.39 is 0 Å². The number of likely N-dealkylation sites (tertiary alicyclic amines) is 1. The number of hydrogen-bond acceptors (Lipinski definition) is 5. The number of ether oxygens (including phenoxy) is 2. The summed E-state index contributed by atoms with van der Waals surface area (Å²) in [6.45, 7) is 12.6. The van der Waals surface area contributed by atoms with Gasteiger partial charge in [-0.1, -0.05) is 42.5 Å². The molecule has 212 valence electrons. The molecule has 0 spiro atoms. The molecule has 40 heavy (non-hydrogen) atoms. The Morgan fingerprint density at radius 3 is 2.10 bits per heavy atom. The van der Waals surface area contributed by atoms with Crippen molar-refractivity contribution in [1.29, 1.82) is 0 Å². The van der Waals surface area contributed by atoms with Crippen molar-refractivity contribution in [3.05, 3.63) is 95.6 Å². The van der Waals surface area contributed by atoms with Crippen molar-refractivity contribution < 1.29 is 14.3 Å². The highest BCUT2D eigenvalue weighted by molar-refractivity contribution is 5.95. The number of rotatable bonds is 9. The van der Waals surface area contributed by atoms with Gasteiger partial charge in [-0.3, -0.25) is 9.69 Å². The van der Waals surface area contributed by atoms with Crippen LogP contribution >= 0.6 is 0 Å². The Labute approximate surface area is 239 Å².